The molecule has 4 fully saturated rings. The van der Waals surface area contributed by atoms with E-state index in [1.165, 1.54) is 45.3 Å². The standard InChI is InChI=1S/C10H16N/c1-2-8(1)10-7-11-5-3-9(10)4-6-11/h9-10H,1-7H2. The molecule has 0 amide bonds. The Bertz CT molecular complexity index is 154. The molecule has 61 valence electrons. The molecular formula is C10H16N. The van der Waals surface area contributed by atoms with Gasteiger partial charge in [-0.1, -0.05) is 0 Å². The van der Waals surface area contributed by atoms with Crippen molar-refractivity contribution in [3.63, 3.8) is 0 Å². The van der Waals surface area contributed by atoms with E-state index in [0.29, 0.717) is 0 Å². The van der Waals surface area contributed by atoms with Crippen LogP contribution >= 0.6 is 0 Å². The molecule has 0 aromatic carbocycles. The molecule has 3 saturated heterocycles. The van der Waals surface area contributed by atoms with Crippen LogP contribution in [-0.2, 0) is 0 Å². The van der Waals surface area contributed by atoms with Crippen LogP contribution in [0.3, 0.4) is 0 Å². The molecule has 4 rings (SSSR count). The number of hydrogen-bond donors (Lipinski definition) is 0. The summed E-state index contributed by atoms with van der Waals surface area (Å²) in [7, 11) is 0. The fraction of sp³-hybridized carbons (Fsp3) is 0.900. The molecule has 1 nitrogen and oxygen atoms in total. The molecule has 0 aromatic rings. The zero-order valence-corrected chi connectivity index (χ0v) is 7.05. The number of rotatable bonds is 1. The Balaban J connectivity index is 1.75. The Morgan fingerprint density at radius 1 is 1.09 bits per heavy atom. The van der Waals surface area contributed by atoms with E-state index in [1.807, 2.05) is 5.92 Å². The summed E-state index contributed by atoms with van der Waals surface area (Å²) in [6, 6.07) is 0. The number of fused-ring (bicyclic) bond motifs is 3. The minimum atomic E-state index is 1.04. The zero-order valence-electron chi connectivity index (χ0n) is 7.05. The molecule has 1 aliphatic carbocycles. The van der Waals surface area contributed by atoms with Crippen molar-refractivity contribution >= 4 is 0 Å². The second-order valence-electron chi connectivity index (χ2n) is 4.40. The number of nitrogens with zero attached hydrogens (tertiary/aromatic N) is 1. The van der Waals surface area contributed by atoms with E-state index in [1.54, 1.807) is 0 Å². The molecule has 1 atom stereocenters. The molecule has 2 bridgehead atoms. The van der Waals surface area contributed by atoms with Gasteiger partial charge in [-0.3, -0.25) is 0 Å². The van der Waals surface area contributed by atoms with Crippen LogP contribution in [0, 0.1) is 17.8 Å². The maximum absolute atomic E-state index is 2.66. The highest BCUT2D eigenvalue weighted by molar-refractivity contribution is 5.14. The zero-order chi connectivity index (χ0) is 7.26. The number of hydrogen-bond acceptors (Lipinski definition) is 1. The molecule has 11 heavy (non-hydrogen) atoms. The Labute approximate surface area is 68.8 Å². The first kappa shape index (κ1) is 6.47. The summed E-state index contributed by atoms with van der Waals surface area (Å²) < 4.78 is 0. The van der Waals surface area contributed by atoms with E-state index < -0.39 is 0 Å². The van der Waals surface area contributed by atoms with Crippen molar-refractivity contribution in [3.8, 4) is 0 Å². The normalized spacial score (nSPS) is 49.6. The lowest BCUT2D eigenvalue weighted by atomic mass is 9.76. The van der Waals surface area contributed by atoms with E-state index in [-0.39, 0.29) is 0 Å². The van der Waals surface area contributed by atoms with Gasteiger partial charge in [0, 0.05) is 6.54 Å². The maximum atomic E-state index is 2.66. The van der Waals surface area contributed by atoms with Gasteiger partial charge in [0.05, 0.1) is 0 Å². The molecule has 0 N–H and O–H groups in total. The summed E-state index contributed by atoms with van der Waals surface area (Å²) in [6.45, 7) is 4.21. The largest absolute Gasteiger partial charge is 0.303 e. The third-order valence-electron chi connectivity index (χ3n) is 3.72. The second kappa shape index (κ2) is 2.22. The smallest absolute Gasteiger partial charge is 0.00178 e. The first-order valence-electron chi connectivity index (χ1n) is 5.00. The predicted octanol–water partition coefficient (Wildman–Crippen LogP) is 1.70. The minimum Gasteiger partial charge on any atom is -0.303 e. The molecule has 0 spiro atoms. The quantitative estimate of drug-likeness (QED) is 0.550. The lowest BCUT2D eigenvalue weighted by Crippen LogP contribution is -2.47. The fourth-order valence-corrected chi connectivity index (χ4v) is 2.87. The molecule has 1 heteroatoms. The molecule has 4 aliphatic rings. The summed E-state index contributed by atoms with van der Waals surface area (Å²) in [4.78, 5) is 2.66. The molecule has 1 unspecified atom stereocenters. The van der Waals surface area contributed by atoms with Gasteiger partial charge in [-0.2, -0.15) is 0 Å². The first-order valence-corrected chi connectivity index (χ1v) is 5.00. The Morgan fingerprint density at radius 2 is 1.82 bits per heavy atom. The van der Waals surface area contributed by atoms with Gasteiger partial charge < -0.3 is 4.90 Å². The molecule has 1 radical (unpaired) electrons. The summed E-state index contributed by atoms with van der Waals surface area (Å²) in [5.74, 6) is 4.04. The highest BCUT2D eigenvalue weighted by atomic mass is 15.1. The fourth-order valence-electron chi connectivity index (χ4n) is 2.87. The third kappa shape index (κ3) is 1.01. The van der Waals surface area contributed by atoms with Crippen LogP contribution < -0.4 is 0 Å². The van der Waals surface area contributed by atoms with Gasteiger partial charge in [0.25, 0.3) is 0 Å². The molecule has 1 saturated carbocycles. The van der Waals surface area contributed by atoms with E-state index in [0.717, 1.165) is 11.8 Å². The van der Waals surface area contributed by atoms with Crippen LogP contribution in [0.15, 0.2) is 0 Å². The molecular weight excluding hydrogens is 134 g/mol. The van der Waals surface area contributed by atoms with Gasteiger partial charge in [-0.15, -0.1) is 0 Å². The second-order valence-corrected chi connectivity index (χ2v) is 4.40. The van der Waals surface area contributed by atoms with Crippen molar-refractivity contribution in [1.82, 2.24) is 4.90 Å². The predicted molar refractivity (Wildman–Crippen MR) is 45.1 cm³/mol. The average Bonchev–Trinajstić information content (AvgIpc) is 2.89. The SMILES string of the molecule is C1C[C]1C1CN2CCC1CC2. The van der Waals surface area contributed by atoms with E-state index in [2.05, 4.69) is 4.90 Å². The van der Waals surface area contributed by atoms with Crippen molar-refractivity contribution in [2.75, 3.05) is 19.6 Å². The van der Waals surface area contributed by atoms with Gasteiger partial charge in [0.1, 0.15) is 0 Å². The summed E-state index contributed by atoms with van der Waals surface area (Å²) in [6.07, 6.45) is 5.92. The number of piperidine rings is 3. The van der Waals surface area contributed by atoms with Crippen molar-refractivity contribution in [2.24, 2.45) is 11.8 Å². The van der Waals surface area contributed by atoms with Gasteiger partial charge in [0.2, 0.25) is 0 Å². The van der Waals surface area contributed by atoms with E-state index >= 15 is 0 Å². The van der Waals surface area contributed by atoms with Gasteiger partial charge in [0.15, 0.2) is 0 Å². The highest BCUT2D eigenvalue weighted by Crippen LogP contribution is 2.48. The highest BCUT2D eigenvalue weighted by Gasteiger charge is 2.42. The van der Waals surface area contributed by atoms with Crippen LogP contribution in [0.4, 0.5) is 0 Å². The van der Waals surface area contributed by atoms with Crippen LogP contribution in [-0.4, -0.2) is 24.5 Å². The van der Waals surface area contributed by atoms with Gasteiger partial charge in [-0.25, -0.2) is 0 Å². The minimum absolute atomic E-state index is 1.04. The Hall–Kier alpha value is -0.0400. The summed E-state index contributed by atoms with van der Waals surface area (Å²) in [5.41, 5.74) is 0. The Kier molecular flexibility index (Phi) is 1.31. The van der Waals surface area contributed by atoms with Gasteiger partial charge in [-0.05, 0) is 56.5 Å². The summed E-state index contributed by atoms with van der Waals surface area (Å²) in [5, 5.41) is 0. The Morgan fingerprint density at radius 3 is 2.27 bits per heavy atom. The van der Waals surface area contributed by atoms with Crippen LogP contribution in [0.5, 0.6) is 0 Å². The van der Waals surface area contributed by atoms with E-state index in [4.69, 9.17) is 0 Å². The van der Waals surface area contributed by atoms with Gasteiger partial charge >= 0.3 is 0 Å². The topological polar surface area (TPSA) is 3.24 Å². The van der Waals surface area contributed by atoms with Crippen molar-refractivity contribution in [2.45, 2.75) is 25.7 Å². The molecule has 3 heterocycles. The first-order chi connectivity index (χ1) is 5.43. The summed E-state index contributed by atoms with van der Waals surface area (Å²) >= 11 is 0. The maximum Gasteiger partial charge on any atom is 0.00178 e. The van der Waals surface area contributed by atoms with Crippen molar-refractivity contribution in [3.05, 3.63) is 5.92 Å². The van der Waals surface area contributed by atoms with Crippen LogP contribution in [0.1, 0.15) is 25.7 Å². The van der Waals surface area contributed by atoms with Crippen LogP contribution in [0.25, 0.3) is 0 Å². The lowest BCUT2D eigenvalue weighted by molar-refractivity contribution is 0.0636. The third-order valence-corrected chi connectivity index (χ3v) is 3.72. The van der Waals surface area contributed by atoms with Crippen LogP contribution in [0.2, 0.25) is 0 Å². The molecule has 3 aliphatic heterocycles. The molecule has 0 aromatic heterocycles. The van der Waals surface area contributed by atoms with E-state index in [9.17, 15) is 0 Å². The van der Waals surface area contributed by atoms with Crippen molar-refractivity contribution < 1.29 is 0 Å². The monoisotopic (exact) mass is 150 g/mol. The van der Waals surface area contributed by atoms with Crippen molar-refractivity contribution in [1.29, 1.82) is 0 Å². The lowest BCUT2D eigenvalue weighted by Gasteiger charge is -2.45. The average molecular weight is 150 g/mol.